The van der Waals surface area contributed by atoms with Crippen LogP contribution in [0, 0.1) is 0 Å². The fraction of sp³-hybridized carbons (Fsp3) is 0.455. The Morgan fingerprint density at radius 3 is 1.64 bits per heavy atom. The summed E-state index contributed by atoms with van der Waals surface area (Å²) in [6.45, 7) is 2.27. The first-order valence-electron chi connectivity index (χ1n) is 9.07. The number of halogens is 1. The molecule has 0 saturated carbocycles. The molecule has 0 fully saturated rings. The highest BCUT2D eigenvalue weighted by molar-refractivity contribution is 6.17. The van der Waals surface area contributed by atoms with Gasteiger partial charge in [0.25, 0.3) is 0 Å². The van der Waals surface area contributed by atoms with Crippen LogP contribution in [0.25, 0.3) is 0 Å². The van der Waals surface area contributed by atoms with Crippen LogP contribution in [0.3, 0.4) is 0 Å². The third kappa shape index (κ3) is 5.40. The Bertz CT molecular complexity index is 607. The summed E-state index contributed by atoms with van der Waals surface area (Å²) in [6, 6.07) is 17.0. The van der Waals surface area contributed by atoms with E-state index >= 15 is 0 Å². The summed E-state index contributed by atoms with van der Waals surface area (Å²) in [4.78, 5) is 0. The quantitative estimate of drug-likeness (QED) is 0.361. The van der Waals surface area contributed by atoms with Crippen molar-refractivity contribution in [3.05, 3.63) is 59.7 Å². The Labute approximate surface area is 157 Å². The highest BCUT2D eigenvalue weighted by Crippen LogP contribution is 2.40. The summed E-state index contributed by atoms with van der Waals surface area (Å²) in [5.74, 6) is 3.50. The Morgan fingerprint density at radius 2 is 1.24 bits per heavy atom. The normalized spacial score (nSPS) is 13.3. The Balaban J connectivity index is 2.28. The minimum Gasteiger partial charge on any atom is -0.497 e. The minimum absolute atomic E-state index is 0.479. The van der Waals surface area contributed by atoms with Gasteiger partial charge in [-0.1, -0.05) is 37.6 Å². The molecule has 0 amide bonds. The molecule has 2 nitrogen and oxygen atoms in total. The zero-order valence-corrected chi connectivity index (χ0v) is 16.3. The zero-order chi connectivity index (χ0) is 18.1. The number of ether oxygens (including phenoxy) is 2. The van der Waals surface area contributed by atoms with Crippen LogP contribution in [0.4, 0.5) is 0 Å². The lowest BCUT2D eigenvalue weighted by Gasteiger charge is -2.28. The van der Waals surface area contributed by atoms with Crippen molar-refractivity contribution in [2.24, 2.45) is 0 Å². The van der Waals surface area contributed by atoms with E-state index in [4.69, 9.17) is 21.1 Å². The number of hydrogen-bond donors (Lipinski definition) is 0. The molecule has 2 atom stereocenters. The maximum atomic E-state index is 5.90. The standard InChI is InChI=1S/C22H29ClO2/c1-4-21(17-8-12-19(24-2)13-9-17)22(7-5-6-16-23)18-10-14-20(25-3)15-11-18/h8-15,21-22H,4-7,16H2,1-3H3/t21-,22+/m1/s1. The molecular formula is C22H29ClO2. The molecule has 0 bridgehead atoms. The molecule has 0 N–H and O–H groups in total. The van der Waals surface area contributed by atoms with E-state index in [2.05, 4.69) is 55.5 Å². The van der Waals surface area contributed by atoms with Gasteiger partial charge >= 0.3 is 0 Å². The van der Waals surface area contributed by atoms with Gasteiger partial charge in [-0.15, -0.1) is 11.6 Å². The highest BCUT2D eigenvalue weighted by atomic mass is 35.5. The van der Waals surface area contributed by atoms with Crippen LogP contribution in [0.2, 0.25) is 0 Å². The van der Waals surface area contributed by atoms with Gasteiger partial charge in [-0.25, -0.2) is 0 Å². The topological polar surface area (TPSA) is 18.5 Å². The third-order valence-corrected chi connectivity index (χ3v) is 5.18. The molecule has 25 heavy (non-hydrogen) atoms. The average molecular weight is 361 g/mol. The second kappa shape index (κ2) is 10.4. The molecule has 0 aromatic heterocycles. The predicted molar refractivity (Wildman–Crippen MR) is 106 cm³/mol. The lowest BCUT2D eigenvalue weighted by molar-refractivity contribution is 0.413. The van der Waals surface area contributed by atoms with E-state index in [-0.39, 0.29) is 0 Å². The summed E-state index contributed by atoms with van der Waals surface area (Å²) < 4.78 is 10.6. The van der Waals surface area contributed by atoms with Crippen LogP contribution in [-0.4, -0.2) is 20.1 Å². The number of benzene rings is 2. The molecule has 136 valence electrons. The monoisotopic (exact) mass is 360 g/mol. The van der Waals surface area contributed by atoms with E-state index in [0.717, 1.165) is 43.1 Å². The van der Waals surface area contributed by atoms with Gasteiger partial charge in [0.1, 0.15) is 11.5 Å². The van der Waals surface area contributed by atoms with E-state index in [1.807, 2.05) is 0 Å². The molecule has 2 rings (SSSR count). The number of hydrogen-bond acceptors (Lipinski definition) is 2. The number of alkyl halides is 1. The van der Waals surface area contributed by atoms with Crippen molar-refractivity contribution in [1.29, 1.82) is 0 Å². The van der Waals surface area contributed by atoms with Gasteiger partial charge in [0, 0.05) is 5.88 Å². The van der Waals surface area contributed by atoms with Crippen molar-refractivity contribution in [2.75, 3.05) is 20.1 Å². The molecule has 0 saturated heterocycles. The molecule has 2 aromatic rings. The molecule has 3 heteroatoms. The maximum Gasteiger partial charge on any atom is 0.118 e. The Kier molecular flexibility index (Phi) is 8.14. The summed E-state index contributed by atoms with van der Waals surface area (Å²) in [6.07, 6.45) is 4.45. The summed E-state index contributed by atoms with van der Waals surface area (Å²) in [5.41, 5.74) is 2.74. The van der Waals surface area contributed by atoms with E-state index in [0.29, 0.717) is 11.8 Å². The van der Waals surface area contributed by atoms with Crippen molar-refractivity contribution >= 4 is 11.6 Å². The van der Waals surface area contributed by atoms with Crippen LogP contribution in [-0.2, 0) is 0 Å². The molecule has 0 heterocycles. The van der Waals surface area contributed by atoms with Crippen LogP contribution < -0.4 is 9.47 Å². The fourth-order valence-electron chi connectivity index (χ4n) is 3.51. The number of rotatable bonds is 10. The highest BCUT2D eigenvalue weighted by Gasteiger charge is 2.23. The van der Waals surface area contributed by atoms with Gasteiger partial charge in [0.15, 0.2) is 0 Å². The van der Waals surface area contributed by atoms with Crippen molar-refractivity contribution in [1.82, 2.24) is 0 Å². The average Bonchev–Trinajstić information content (AvgIpc) is 2.68. The largest absolute Gasteiger partial charge is 0.497 e. The van der Waals surface area contributed by atoms with Crippen molar-refractivity contribution in [2.45, 2.75) is 44.4 Å². The van der Waals surface area contributed by atoms with E-state index < -0.39 is 0 Å². The van der Waals surface area contributed by atoms with Gasteiger partial charge in [0.2, 0.25) is 0 Å². The molecule has 0 radical (unpaired) electrons. The number of unbranched alkanes of at least 4 members (excludes halogenated alkanes) is 1. The molecule has 0 aliphatic carbocycles. The summed E-state index contributed by atoms with van der Waals surface area (Å²) in [5, 5.41) is 0. The molecule has 0 unspecified atom stereocenters. The lowest BCUT2D eigenvalue weighted by Crippen LogP contribution is -2.11. The lowest BCUT2D eigenvalue weighted by atomic mass is 9.77. The fourth-order valence-corrected chi connectivity index (χ4v) is 3.70. The van der Waals surface area contributed by atoms with Gasteiger partial charge < -0.3 is 9.47 Å². The van der Waals surface area contributed by atoms with Crippen LogP contribution in [0.5, 0.6) is 11.5 Å². The van der Waals surface area contributed by atoms with Gasteiger partial charge in [-0.05, 0) is 66.5 Å². The SMILES string of the molecule is CC[C@H](c1ccc(OC)cc1)[C@@H](CCCCCl)c1ccc(OC)cc1. The smallest absolute Gasteiger partial charge is 0.118 e. The maximum absolute atomic E-state index is 5.90. The van der Waals surface area contributed by atoms with E-state index in [9.17, 15) is 0 Å². The van der Waals surface area contributed by atoms with Crippen LogP contribution in [0.1, 0.15) is 55.6 Å². The van der Waals surface area contributed by atoms with Gasteiger partial charge in [0.05, 0.1) is 14.2 Å². The van der Waals surface area contributed by atoms with E-state index in [1.165, 1.54) is 11.1 Å². The van der Waals surface area contributed by atoms with Gasteiger partial charge in [-0.3, -0.25) is 0 Å². The predicted octanol–water partition coefficient (Wildman–Crippen LogP) is 6.39. The summed E-state index contributed by atoms with van der Waals surface area (Å²) in [7, 11) is 3.41. The summed E-state index contributed by atoms with van der Waals surface area (Å²) >= 11 is 5.90. The van der Waals surface area contributed by atoms with Crippen molar-refractivity contribution < 1.29 is 9.47 Å². The second-order valence-electron chi connectivity index (χ2n) is 6.35. The first-order valence-corrected chi connectivity index (χ1v) is 9.60. The second-order valence-corrected chi connectivity index (χ2v) is 6.73. The molecule has 2 aromatic carbocycles. The van der Waals surface area contributed by atoms with Crippen molar-refractivity contribution in [3.63, 3.8) is 0 Å². The Hall–Kier alpha value is -1.67. The molecule has 0 aliphatic heterocycles. The third-order valence-electron chi connectivity index (χ3n) is 4.91. The Morgan fingerprint density at radius 1 is 0.760 bits per heavy atom. The first kappa shape index (κ1) is 19.7. The minimum atomic E-state index is 0.479. The molecular weight excluding hydrogens is 332 g/mol. The van der Waals surface area contributed by atoms with E-state index in [1.54, 1.807) is 14.2 Å². The van der Waals surface area contributed by atoms with Crippen LogP contribution in [0.15, 0.2) is 48.5 Å². The first-order chi connectivity index (χ1) is 12.2. The van der Waals surface area contributed by atoms with Gasteiger partial charge in [-0.2, -0.15) is 0 Å². The molecule has 0 aliphatic rings. The molecule has 0 spiro atoms. The van der Waals surface area contributed by atoms with Crippen LogP contribution >= 0.6 is 11.6 Å². The number of methoxy groups -OCH3 is 2. The van der Waals surface area contributed by atoms with Crippen molar-refractivity contribution in [3.8, 4) is 11.5 Å². The zero-order valence-electron chi connectivity index (χ0n) is 15.5.